The Morgan fingerprint density at radius 1 is 1.50 bits per heavy atom. The van der Waals surface area contributed by atoms with E-state index in [9.17, 15) is 4.79 Å². The first-order valence-electron chi connectivity index (χ1n) is 5.36. The summed E-state index contributed by atoms with van der Waals surface area (Å²) in [6, 6.07) is 0.454. The molecule has 0 saturated heterocycles. The lowest BCUT2D eigenvalue weighted by atomic mass is 9.73. The van der Waals surface area contributed by atoms with Gasteiger partial charge in [-0.1, -0.05) is 26.7 Å². The average Bonchev–Trinajstić information content (AvgIpc) is 2.15. The molecule has 1 fully saturated rings. The summed E-state index contributed by atoms with van der Waals surface area (Å²) in [6.07, 6.45) is 4.99. The summed E-state index contributed by atoms with van der Waals surface area (Å²) in [5.41, 5.74) is 0.312. The Morgan fingerprint density at radius 3 is 2.79 bits per heavy atom. The molecule has 1 rings (SSSR count). The third kappa shape index (κ3) is 2.98. The van der Waals surface area contributed by atoms with Crippen LogP contribution in [0.2, 0.25) is 0 Å². The SMILES string of the molecule is COC(=O)CNC1CCCCC1(C)C. The van der Waals surface area contributed by atoms with Gasteiger partial charge in [0.1, 0.15) is 0 Å². The average molecular weight is 199 g/mol. The maximum absolute atomic E-state index is 11.0. The summed E-state index contributed by atoms with van der Waals surface area (Å²) in [6.45, 7) is 4.87. The summed E-state index contributed by atoms with van der Waals surface area (Å²) >= 11 is 0. The lowest BCUT2D eigenvalue weighted by molar-refractivity contribution is -0.139. The largest absolute Gasteiger partial charge is 0.468 e. The molecule has 1 aliphatic rings. The number of carbonyl (C=O) groups is 1. The van der Waals surface area contributed by atoms with Gasteiger partial charge in [0.2, 0.25) is 0 Å². The molecule has 0 amide bonds. The molecule has 3 nitrogen and oxygen atoms in total. The monoisotopic (exact) mass is 199 g/mol. The van der Waals surface area contributed by atoms with E-state index in [0.29, 0.717) is 18.0 Å². The van der Waals surface area contributed by atoms with Gasteiger partial charge in [-0.2, -0.15) is 0 Å². The number of nitrogens with one attached hydrogen (secondary N) is 1. The van der Waals surface area contributed by atoms with E-state index in [4.69, 9.17) is 0 Å². The highest BCUT2D eigenvalue weighted by atomic mass is 16.5. The molecular weight excluding hydrogens is 178 g/mol. The number of ether oxygens (including phenoxy) is 1. The molecule has 14 heavy (non-hydrogen) atoms. The maximum Gasteiger partial charge on any atom is 0.319 e. The number of hydrogen-bond donors (Lipinski definition) is 1. The third-order valence-corrected chi connectivity index (χ3v) is 3.23. The van der Waals surface area contributed by atoms with Crippen molar-refractivity contribution in [3.05, 3.63) is 0 Å². The molecule has 3 heteroatoms. The van der Waals surface area contributed by atoms with Gasteiger partial charge in [0.05, 0.1) is 13.7 Å². The van der Waals surface area contributed by atoms with Gasteiger partial charge < -0.3 is 10.1 Å². The standard InChI is InChI=1S/C11H21NO2/c1-11(2)7-5-4-6-9(11)12-8-10(13)14-3/h9,12H,4-8H2,1-3H3. The van der Waals surface area contributed by atoms with Crippen LogP contribution in [0.1, 0.15) is 39.5 Å². The van der Waals surface area contributed by atoms with E-state index in [-0.39, 0.29) is 5.97 Å². The smallest absolute Gasteiger partial charge is 0.319 e. The lowest BCUT2D eigenvalue weighted by Gasteiger charge is -2.39. The molecule has 0 heterocycles. The lowest BCUT2D eigenvalue weighted by Crippen LogP contribution is -2.46. The first-order valence-corrected chi connectivity index (χ1v) is 5.36. The molecular formula is C11H21NO2. The molecule has 0 aromatic heterocycles. The number of esters is 1. The van der Waals surface area contributed by atoms with Crippen molar-refractivity contribution in [1.82, 2.24) is 5.32 Å². The van der Waals surface area contributed by atoms with Crippen LogP contribution < -0.4 is 5.32 Å². The number of carbonyl (C=O) groups excluding carboxylic acids is 1. The third-order valence-electron chi connectivity index (χ3n) is 3.23. The summed E-state index contributed by atoms with van der Waals surface area (Å²) in [5.74, 6) is -0.175. The highest BCUT2D eigenvalue weighted by molar-refractivity contribution is 5.71. The van der Waals surface area contributed by atoms with Crippen LogP contribution in [0.15, 0.2) is 0 Å². The van der Waals surface area contributed by atoms with E-state index in [1.54, 1.807) is 0 Å². The first-order chi connectivity index (χ1) is 6.56. The normalized spacial score (nSPS) is 25.8. The molecule has 0 aromatic carbocycles. The van der Waals surface area contributed by atoms with Gasteiger partial charge in [0.25, 0.3) is 0 Å². The van der Waals surface area contributed by atoms with Crippen molar-refractivity contribution >= 4 is 5.97 Å². The Balaban J connectivity index is 2.38. The van der Waals surface area contributed by atoms with Crippen molar-refractivity contribution in [3.63, 3.8) is 0 Å². The minimum atomic E-state index is -0.175. The molecule has 0 spiro atoms. The maximum atomic E-state index is 11.0. The van der Waals surface area contributed by atoms with Crippen LogP contribution in [0, 0.1) is 5.41 Å². The van der Waals surface area contributed by atoms with Gasteiger partial charge in [-0.15, -0.1) is 0 Å². The summed E-state index contributed by atoms with van der Waals surface area (Å²) in [4.78, 5) is 11.0. The Hall–Kier alpha value is -0.570. The molecule has 1 saturated carbocycles. The second kappa shape index (κ2) is 4.78. The molecule has 1 N–H and O–H groups in total. The van der Waals surface area contributed by atoms with Crippen molar-refractivity contribution < 1.29 is 9.53 Å². The topological polar surface area (TPSA) is 38.3 Å². The summed E-state index contributed by atoms with van der Waals surface area (Å²) < 4.78 is 4.61. The zero-order chi connectivity index (χ0) is 10.6. The minimum absolute atomic E-state index is 0.175. The van der Waals surface area contributed by atoms with E-state index in [2.05, 4.69) is 23.9 Å². The summed E-state index contributed by atoms with van der Waals surface area (Å²) in [5, 5.41) is 3.29. The Labute approximate surface area is 86.2 Å². The van der Waals surface area contributed by atoms with E-state index in [1.165, 1.54) is 32.8 Å². The van der Waals surface area contributed by atoms with E-state index in [1.807, 2.05) is 0 Å². The zero-order valence-corrected chi connectivity index (χ0v) is 9.43. The summed E-state index contributed by atoms with van der Waals surface area (Å²) in [7, 11) is 1.43. The molecule has 0 bridgehead atoms. The van der Waals surface area contributed by atoms with Gasteiger partial charge >= 0.3 is 5.97 Å². The van der Waals surface area contributed by atoms with Crippen LogP contribution in [0.3, 0.4) is 0 Å². The van der Waals surface area contributed by atoms with Crippen molar-refractivity contribution in [2.45, 2.75) is 45.6 Å². The molecule has 1 aliphatic carbocycles. The highest BCUT2D eigenvalue weighted by Crippen LogP contribution is 2.35. The Bertz CT molecular complexity index is 201. The van der Waals surface area contributed by atoms with Crippen LogP contribution in [0.4, 0.5) is 0 Å². The van der Waals surface area contributed by atoms with E-state index in [0.717, 1.165) is 0 Å². The minimum Gasteiger partial charge on any atom is -0.468 e. The number of methoxy groups -OCH3 is 1. The van der Waals surface area contributed by atoms with Crippen LogP contribution in [0.25, 0.3) is 0 Å². The fraction of sp³-hybridized carbons (Fsp3) is 0.909. The second-order valence-electron chi connectivity index (χ2n) is 4.74. The fourth-order valence-corrected chi connectivity index (χ4v) is 2.15. The predicted molar refractivity (Wildman–Crippen MR) is 56.1 cm³/mol. The van der Waals surface area contributed by atoms with Crippen LogP contribution in [-0.4, -0.2) is 25.7 Å². The molecule has 0 radical (unpaired) electrons. The Kier molecular flexibility index (Phi) is 3.93. The highest BCUT2D eigenvalue weighted by Gasteiger charge is 2.31. The number of hydrogen-bond acceptors (Lipinski definition) is 3. The van der Waals surface area contributed by atoms with Gasteiger partial charge in [-0.05, 0) is 18.3 Å². The van der Waals surface area contributed by atoms with Gasteiger partial charge in [0.15, 0.2) is 0 Å². The Morgan fingerprint density at radius 2 is 2.21 bits per heavy atom. The van der Waals surface area contributed by atoms with Crippen LogP contribution in [-0.2, 0) is 9.53 Å². The quantitative estimate of drug-likeness (QED) is 0.703. The van der Waals surface area contributed by atoms with Gasteiger partial charge in [-0.25, -0.2) is 0 Å². The number of rotatable bonds is 3. The first kappa shape index (κ1) is 11.5. The molecule has 1 atom stereocenters. The predicted octanol–water partition coefficient (Wildman–Crippen LogP) is 1.72. The van der Waals surface area contributed by atoms with Crippen molar-refractivity contribution in [3.8, 4) is 0 Å². The fourth-order valence-electron chi connectivity index (χ4n) is 2.15. The van der Waals surface area contributed by atoms with E-state index < -0.39 is 0 Å². The second-order valence-corrected chi connectivity index (χ2v) is 4.74. The van der Waals surface area contributed by atoms with Crippen LogP contribution in [0.5, 0.6) is 0 Å². The van der Waals surface area contributed by atoms with Crippen molar-refractivity contribution in [2.75, 3.05) is 13.7 Å². The van der Waals surface area contributed by atoms with Gasteiger partial charge in [-0.3, -0.25) is 4.79 Å². The van der Waals surface area contributed by atoms with Gasteiger partial charge in [0, 0.05) is 6.04 Å². The molecule has 82 valence electrons. The molecule has 1 unspecified atom stereocenters. The zero-order valence-electron chi connectivity index (χ0n) is 9.43. The molecule has 0 aromatic rings. The van der Waals surface area contributed by atoms with Crippen LogP contribution >= 0.6 is 0 Å². The van der Waals surface area contributed by atoms with Crippen molar-refractivity contribution in [1.29, 1.82) is 0 Å². The van der Waals surface area contributed by atoms with Crippen molar-refractivity contribution in [2.24, 2.45) is 5.41 Å². The van der Waals surface area contributed by atoms with E-state index >= 15 is 0 Å². The molecule has 0 aliphatic heterocycles.